The maximum atomic E-state index is 12.4. The summed E-state index contributed by atoms with van der Waals surface area (Å²) >= 11 is 25.0. The highest BCUT2D eigenvalue weighted by atomic mass is 35.5. The largest absolute Gasteiger partial charge is 0.296 e. The standard InChI is InChI=1S/C14H7Cl4N3OS/c1-5-3-2-4-6-10(5)20-14(23-6)21-13(22)11-8(16)7(15)9(17)12(18)19-11/h2-4H,1H3,(H,20,21,22). The van der Waals surface area contributed by atoms with Gasteiger partial charge in [0, 0.05) is 0 Å². The summed E-state index contributed by atoms with van der Waals surface area (Å²) in [5.41, 5.74) is 1.74. The van der Waals surface area contributed by atoms with E-state index in [-0.39, 0.29) is 25.9 Å². The Morgan fingerprint density at radius 1 is 1.09 bits per heavy atom. The van der Waals surface area contributed by atoms with Crippen molar-refractivity contribution in [3.8, 4) is 0 Å². The number of amides is 1. The minimum Gasteiger partial charge on any atom is -0.296 e. The average Bonchev–Trinajstić information content (AvgIpc) is 2.92. The number of hydrogen-bond acceptors (Lipinski definition) is 4. The number of carbonyl (C=O) groups is 1. The monoisotopic (exact) mass is 405 g/mol. The summed E-state index contributed by atoms with van der Waals surface area (Å²) < 4.78 is 0.964. The first-order valence-corrected chi connectivity index (χ1v) is 8.59. The van der Waals surface area contributed by atoms with Crippen LogP contribution in [0.15, 0.2) is 18.2 Å². The Morgan fingerprint density at radius 3 is 2.52 bits per heavy atom. The predicted molar refractivity (Wildman–Crippen MR) is 96.6 cm³/mol. The minimum atomic E-state index is -0.563. The third-order valence-electron chi connectivity index (χ3n) is 3.04. The number of nitrogens with zero attached hydrogens (tertiary/aromatic N) is 2. The average molecular weight is 407 g/mol. The third kappa shape index (κ3) is 3.12. The molecule has 0 fully saturated rings. The molecule has 0 bridgehead atoms. The molecular weight excluding hydrogens is 400 g/mol. The van der Waals surface area contributed by atoms with Crippen LogP contribution in [0, 0.1) is 6.92 Å². The van der Waals surface area contributed by atoms with E-state index in [0.717, 1.165) is 15.8 Å². The number of benzene rings is 1. The predicted octanol–water partition coefficient (Wildman–Crippen LogP) is 5.87. The van der Waals surface area contributed by atoms with Crippen LogP contribution >= 0.6 is 57.7 Å². The molecule has 23 heavy (non-hydrogen) atoms. The fourth-order valence-electron chi connectivity index (χ4n) is 1.93. The molecule has 1 amide bonds. The molecule has 0 spiro atoms. The van der Waals surface area contributed by atoms with E-state index in [1.54, 1.807) is 0 Å². The van der Waals surface area contributed by atoms with Crippen LogP contribution in [0.4, 0.5) is 5.13 Å². The van der Waals surface area contributed by atoms with E-state index in [2.05, 4.69) is 15.3 Å². The summed E-state index contributed by atoms with van der Waals surface area (Å²) in [6.07, 6.45) is 0. The lowest BCUT2D eigenvalue weighted by atomic mass is 10.2. The first-order chi connectivity index (χ1) is 10.9. The molecule has 0 aliphatic rings. The van der Waals surface area contributed by atoms with Crippen molar-refractivity contribution >= 4 is 79.0 Å². The molecule has 0 saturated heterocycles. The van der Waals surface area contributed by atoms with Crippen molar-refractivity contribution in [3.63, 3.8) is 0 Å². The third-order valence-corrected chi connectivity index (χ3v) is 5.65. The number of carbonyl (C=O) groups excluding carboxylic acids is 1. The van der Waals surface area contributed by atoms with Gasteiger partial charge in [0.1, 0.15) is 5.15 Å². The summed E-state index contributed by atoms with van der Waals surface area (Å²) in [7, 11) is 0. The SMILES string of the molecule is Cc1cccc2sc(NC(=O)c3nc(Cl)c(Cl)c(Cl)c3Cl)nc12. The highest BCUT2D eigenvalue weighted by Crippen LogP contribution is 2.36. The number of thiazole rings is 1. The maximum Gasteiger partial charge on any atom is 0.277 e. The molecule has 0 saturated carbocycles. The van der Waals surface area contributed by atoms with E-state index < -0.39 is 5.91 Å². The van der Waals surface area contributed by atoms with E-state index in [1.165, 1.54) is 11.3 Å². The van der Waals surface area contributed by atoms with Gasteiger partial charge in [0.15, 0.2) is 10.8 Å². The first-order valence-electron chi connectivity index (χ1n) is 6.26. The molecular formula is C14H7Cl4N3OS. The van der Waals surface area contributed by atoms with Crippen LogP contribution in [0.5, 0.6) is 0 Å². The Kier molecular flexibility index (Phi) is 4.67. The molecule has 2 aromatic heterocycles. The van der Waals surface area contributed by atoms with Crippen molar-refractivity contribution in [1.82, 2.24) is 9.97 Å². The van der Waals surface area contributed by atoms with Crippen molar-refractivity contribution in [1.29, 1.82) is 0 Å². The normalized spacial score (nSPS) is 11.0. The zero-order valence-corrected chi connectivity index (χ0v) is 15.3. The van der Waals surface area contributed by atoms with E-state index in [9.17, 15) is 4.79 Å². The number of pyridine rings is 1. The maximum absolute atomic E-state index is 12.4. The van der Waals surface area contributed by atoms with Crippen LogP contribution in [0.2, 0.25) is 20.2 Å². The lowest BCUT2D eigenvalue weighted by Crippen LogP contribution is -2.14. The van der Waals surface area contributed by atoms with Gasteiger partial charge in [-0.3, -0.25) is 10.1 Å². The van der Waals surface area contributed by atoms with Crippen molar-refractivity contribution in [2.24, 2.45) is 0 Å². The van der Waals surface area contributed by atoms with Gasteiger partial charge in [0.25, 0.3) is 5.91 Å². The van der Waals surface area contributed by atoms with Crippen LogP contribution in [0.3, 0.4) is 0 Å². The van der Waals surface area contributed by atoms with Crippen molar-refractivity contribution in [2.45, 2.75) is 6.92 Å². The van der Waals surface area contributed by atoms with Gasteiger partial charge in [-0.05, 0) is 18.6 Å². The van der Waals surface area contributed by atoms with Crippen molar-refractivity contribution < 1.29 is 4.79 Å². The molecule has 2 heterocycles. The summed E-state index contributed by atoms with van der Waals surface area (Å²) in [6, 6.07) is 5.81. The first kappa shape index (κ1) is 16.7. The molecule has 0 aliphatic carbocycles. The fourth-order valence-corrected chi connectivity index (χ4v) is 3.69. The quantitative estimate of drug-likeness (QED) is 0.541. The highest BCUT2D eigenvalue weighted by molar-refractivity contribution is 7.22. The number of para-hydroxylation sites is 1. The second kappa shape index (κ2) is 6.42. The van der Waals surface area contributed by atoms with E-state index >= 15 is 0 Å². The van der Waals surface area contributed by atoms with Gasteiger partial charge < -0.3 is 0 Å². The van der Waals surface area contributed by atoms with Crippen molar-refractivity contribution in [3.05, 3.63) is 49.7 Å². The Hall–Kier alpha value is -1.11. The molecule has 4 nitrogen and oxygen atoms in total. The van der Waals surface area contributed by atoms with Crippen LogP contribution in [-0.4, -0.2) is 15.9 Å². The number of rotatable bonds is 2. The zero-order chi connectivity index (χ0) is 16.7. The lowest BCUT2D eigenvalue weighted by molar-refractivity contribution is 0.102. The van der Waals surface area contributed by atoms with Crippen LogP contribution in [0.25, 0.3) is 10.2 Å². The number of nitrogens with one attached hydrogen (secondary N) is 1. The molecule has 3 aromatic rings. The molecule has 1 aromatic carbocycles. The van der Waals surface area contributed by atoms with Crippen LogP contribution in [0.1, 0.15) is 16.1 Å². The molecule has 9 heteroatoms. The fraction of sp³-hybridized carbons (Fsp3) is 0.0714. The van der Waals surface area contributed by atoms with E-state index in [1.807, 2.05) is 25.1 Å². The Balaban J connectivity index is 1.96. The number of hydrogen-bond donors (Lipinski definition) is 1. The van der Waals surface area contributed by atoms with E-state index in [4.69, 9.17) is 46.4 Å². The van der Waals surface area contributed by atoms with E-state index in [0.29, 0.717) is 5.13 Å². The number of fused-ring (bicyclic) bond motifs is 1. The molecule has 0 atom stereocenters. The smallest absolute Gasteiger partial charge is 0.277 e. The molecule has 118 valence electrons. The second-order valence-electron chi connectivity index (χ2n) is 4.59. The van der Waals surface area contributed by atoms with Gasteiger partial charge in [-0.1, -0.05) is 69.9 Å². The van der Waals surface area contributed by atoms with Crippen molar-refractivity contribution in [2.75, 3.05) is 5.32 Å². The molecule has 1 N–H and O–H groups in total. The van der Waals surface area contributed by atoms with Gasteiger partial charge in [0.2, 0.25) is 0 Å². The molecule has 0 radical (unpaired) electrons. The Labute approximate surface area is 155 Å². The van der Waals surface area contributed by atoms with Crippen LogP contribution < -0.4 is 5.32 Å². The Bertz CT molecular complexity index is 941. The topological polar surface area (TPSA) is 54.9 Å². The molecule has 0 aliphatic heterocycles. The van der Waals surface area contributed by atoms with Crippen LogP contribution in [-0.2, 0) is 0 Å². The molecule has 3 rings (SSSR count). The summed E-state index contributed by atoms with van der Waals surface area (Å²) in [4.78, 5) is 20.6. The number of aryl methyl sites for hydroxylation is 1. The van der Waals surface area contributed by atoms with Gasteiger partial charge in [-0.25, -0.2) is 9.97 Å². The highest BCUT2D eigenvalue weighted by Gasteiger charge is 2.21. The second-order valence-corrected chi connectivity index (χ2v) is 7.11. The minimum absolute atomic E-state index is 0.00509. The number of aromatic nitrogens is 2. The van der Waals surface area contributed by atoms with Gasteiger partial charge in [-0.2, -0.15) is 0 Å². The van der Waals surface area contributed by atoms with Gasteiger partial charge >= 0.3 is 0 Å². The number of anilines is 1. The van der Waals surface area contributed by atoms with Gasteiger partial charge in [0.05, 0.1) is 25.3 Å². The zero-order valence-electron chi connectivity index (χ0n) is 11.5. The number of halogens is 4. The van der Waals surface area contributed by atoms with Gasteiger partial charge in [-0.15, -0.1) is 0 Å². The lowest BCUT2D eigenvalue weighted by Gasteiger charge is -2.07. The summed E-state index contributed by atoms with van der Waals surface area (Å²) in [5.74, 6) is -0.563. The summed E-state index contributed by atoms with van der Waals surface area (Å²) in [5, 5.41) is 2.92. The summed E-state index contributed by atoms with van der Waals surface area (Å²) in [6.45, 7) is 1.95. The Morgan fingerprint density at radius 2 is 1.83 bits per heavy atom. The molecule has 0 unspecified atom stereocenters.